The van der Waals surface area contributed by atoms with Crippen molar-refractivity contribution in [3.8, 4) is 0 Å². The van der Waals surface area contributed by atoms with Crippen LogP contribution in [0.3, 0.4) is 0 Å². The average Bonchev–Trinajstić information content (AvgIpc) is 2.22. The number of hydrogen-bond donors (Lipinski definition) is 2. The van der Waals surface area contributed by atoms with E-state index in [1.807, 2.05) is 13.0 Å². The van der Waals surface area contributed by atoms with E-state index in [0.717, 1.165) is 25.3 Å². The Morgan fingerprint density at radius 2 is 2.07 bits per heavy atom. The first kappa shape index (κ1) is 11.7. The normalized spacial score (nSPS) is 33.8. The summed E-state index contributed by atoms with van der Waals surface area (Å²) in [6.45, 7) is 5.48. The molecule has 2 heteroatoms. The Bertz CT molecular complexity index is 181. The molecule has 1 saturated carbocycles. The third kappa shape index (κ3) is 3.10. The summed E-state index contributed by atoms with van der Waals surface area (Å²) in [5, 5.41) is 12.9. The van der Waals surface area contributed by atoms with E-state index in [1.165, 1.54) is 12.8 Å². The minimum absolute atomic E-state index is 0.00597. The first-order chi connectivity index (χ1) is 6.72. The fourth-order valence-electron chi connectivity index (χ4n) is 2.10. The van der Waals surface area contributed by atoms with Gasteiger partial charge in [-0.25, -0.2) is 0 Å². The summed E-state index contributed by atoms with van der Waals surface area (Å²) in [5.41, 5.74) is 0.00597. The zero-order chi connectivity index (χ0) is 10.4. The summed E-state index contributed by atoms with van der Waals surface area (Å²) >= 11 is 0. The molecule has 0 amide bonds. The van der Waals surface area contributed by atoms with Crippen LogP contribution >= 0.6 is 0 Å². The summed E-state index contributed by atoms with van der Waals surface area (Å²) in [4.78, 5) is 0. The number of hydrogen-bond acceptors (Lipinski definition) is 2. The van der Waals surface area contributed by atoms with Crippen molar-refractivity contribution in [1.29, 1.82) is 0 Å². The molecule has 14 heavy (non-hydrogen) atoms. The van der Waals surface area contributed by atoms with Gasteiger partial charge in [0.25, 0.3) is 0 Å². The molecule has 0 heterocycles. The van der Waals surface area contributed by atoms with Crippen LogP contribution in [0.5, 0.6) is 0 Å². The third-order valence-electron chi connectivity index (χ3n) is 3.36. The summed E-state index contributed by atoms with van der Waals surface area (Å²) in [7, 11) is 0. The molecule has 0 spiro atoms. The molecule has 0 unspecified atom stereocenters. The van der Waals surface area contributed by atoms with Gasteiger partial charge in [-0.1, -0.05) is 19.1 Å². The smallest absolute Gasteiger partial charge is 0.0613 e. The van der Waals surface area contributed by atoms with Crippen LogP contribution in [0.25, 0.3) is 0 Å². The summed E-state index contributed by atoms with van der Waals surface area (Å²) in [6, 6.07) is 0. The van der Waals surface area contributed by atoms with Gasteiger partial charge in [0.05, 0.1) is 6.61 Å². The highest BCUT2D eigenvalue weighted by atomic mass is 16.3. The minimum atomic E-state index is 0.00597. The molecule has 0 bridgehead atoms. The van der Waals surface area contributed by atoms with Gasteiger partial charge in [0, 0.05) is 12.1 Å². The first-order valence-corrected chi connectivity index (χ1v) is 5.69. The van der Waals surface area contributed by atoms with Crippen molar-refractivity contribution in [3.05, 3.63) is 12.2 Å². The predicted octanol–water partition coefficient (Wildman–Crippen LogP) is 2.09. The van der Waals surface area contributed by atoms with Gasteiger partial charge in [-0.15, -0.1) is 0 Å². The van der Waals surface area contributed by atoms with E-state index in [2.05, 4.69) is 18.3 Å². The van der Waals surface area contributed by atoms with Gasteiger partial charge in [0.2, 0.25) is 0 Å². The molecular formula is C12H23NO. The molecule has 0 atom stereocenters. The molecule has 1 aliphatic rings. The second-order valence-electron chi connectivity index (χ2n) is 4.57. The van der Waals surface area contributed by atoms with Crippen molar-refractivity contribution in [3.63, 3.8) is 0 Å². The van der Waals surface area contributed by atoms with Gasteiger partial charge in [-0.05, 0) is 38.5 Å². The molecule has 1 fully saturated rings. The Morgan fingerprint density at radius 3 is 2.57 bits per heavy atom. The molecule has 0 aromatic carbocycles. The van der Waals surface area contributed by atoms with E-state index < -0.39 is 0 Å². The molecule has 0 aromatic rings. The summed E-state index contributed by atoms with van der Waals surface area (Å²) in [6.07, 6.45) is 8.86. The van der Waals surface area contributed by atoms with Crippen LogP contribution < -0.4 is 5.32 Å². The molecule has 0 radical (unpaired) electrons. The zero-order valence-electron chi connectivity index (χ0n) is 9.42. The molecule has 0 aromatic heterocycles. The molecule has 1 aliphatic carbocycles. The molecule has 2 nitrogen and oxygen atoms in total. The van der Waals surface area contributed by atoms with Crippen LogP contribution in [0.1, 0.15) is 39.5 Å². The summed E-state index contributed by atoms with van der Waals surface area (Å²) < 4.78 is 0. The summed E-state index contributed by atoms with van der Waals surface area (Å²) in [5.74, 6) is 0.832. The lowest BCUT2D eigenvalue weighted by atomic mass is 9.77. The second-order valence-corrected chi connectivity index (χ2v) is 4.57. The molecule has 0 saturated heterocycles. The van der Waals surface area contributed by atoms with Crippen molar-refractivity contribution in [1.82, 2.24) is 5.32 Å². The van der Waals surface area contributed by atoms with Gasteiger partial charge in [-0.2, -0.15) is 0 Å². The number of rotatable bonds is 4. The van der Waals surface area contributed by atoms with Crippen LogP contribution in [0.4, 0.5) is 0 Å². The fraction of sp³-hybridized carbons (Fsp3) is 0.833. The van der Waals surface area contributed by atoms with Gasteiger partial charge in [0.15, 0.2) is 0 Å². The maximum atomic E-state index is 9.44. The highest BCUT2D eigenvalue weighted by molar-refractivity contribution is 4.94. The maximum Gasteiger partial charge on any atom is 0.0613 e. The molecule has 0 aliphatic heterocycles. The highest BCUT2D eigenvalue weighted by Gasteiger charge is 2.32. The Hall–Kier alpha value is -0.340. The van der Waals surface area contributed by atoms with Gasteiger partial charge in [0.1, 0.15) is 0 Å². The Balaban J connectivity index is 2.41. The number of aliphatic hydroxyl groups is 1. The van der Waals surface area contributed by atoms with E-state index in [4.69, 9.17) is 0 Å². The Kier molecular flexibility index (Phi) is 4.63. The lowest BCUT2D eigenvalue weighted by Crippen LogP contribution is -2.50. The van der Waals surface area contributed by atoms with Crippen LogP contribution in [-0.4, -0.2) is 23.8 Å². The Labute approximate surface area is 87.4 Å². The van der Waals surface area contributed by atoms with Crippen LogP contribution in [0, 0.1) is 5.92 Å². The van der Waals surface area contributed by atoms with Crippen LogP contribution in [0.2, 0.25) is 0 Å². The van der Waals surface area contributed by atoms with Crippen molar-refractivity contribution in [2.75, 3.05) is 13.2 Å². The standard InChI is InChI=1S/C12H23NO/c1-3-4-9-13-12(10-14)7-5-11(2)6-8-12/h3-4,11,13-14H,5-10H2,1-2H3/b4-3+. The minimum Gasteiger partial charge on any atom is -0.394 e. The number of nitrogens with one attached hydrogen (secondary N) is 1. The van der Waals surface area contributed by atoms with Crippen molar-refractivity contribution < 1.29 is 5.11 Å². The number of aliphatic hydroxyl groups excluding tert-OH is 1. The largest absolute Gasteiger partial charge is 0.394 e. The van der Waals surface area contributed by atoms with Crippen molar-refractivity contribution in [2.45, 2.75) is 45.1 Å². The van der Waals surface area contributed by atoms with Crippen LogP contribution in [-0.2, 0) is 0 Å². The van der Waals surface area contributed by atoms with E-state index in [9.17, 15) is 5.11 Å². The average molecular weight is 197 g/mol. The third-order valence-corrected chi connectivity index (χ3v) is 3.36. The lowest BCUT2D eigenvalue weighted by molar-refractivity contribution is 0.109. The molecule has 82 valence electrons. The topological polar surface area (TPSA) is 32.3 Å². The van der Waals surface area contributed by atoms with E-state index in [-0.39, 0.29) is 12.1 Å². The molecule has 1 rings (SSSR count). The molecule has 2 N–H and O–H groups in total. The number of allylic oxidation sites excluding steroid dienone is 1. The Morgan fingerprint density at radius 1 is 1.43 bits per heavy atom. The lowest BCUT2D eigenvalue weighted by Gasteiger charge is -2.38. The fourth-order valence-corrected chi connectivity index (χ4v) is 2.10. The van der Waals surface area contributed by atoms with Gasteiger partial charge in [-0.3, -0.25) is 0 Å². The second kappa shape index (κ2) is 5.52. The molecular weight excluding hydrogens is 174 g/mol. The van der Waals surface area contributed by atoms with Crippen molar-refractivity contribution >= 4 is 0 Å². The van der Waals surface area contributed by atoms with Gasteiger partial charge >= 0.3 is 0 Å². The van der Waals surface area contributed by atoms with Crippen LogP contribution in [0.15, 0.2) is 12.2 Å². The monoisotopic (exact) mass is 197 g/mol. The predicted molar refractivity (Wildman–Crippen MR) is 60.3 cm³/mol. The highest BCUT2D eigenvalue weighted by Crippen LogP contribution is 2.31. The van der Waals surface area contributed by atoms with Crippen molar-refractivity contribution in [2.24, 2.45) is 5.92 Å². The maximum absolute atomic E-state index is 9.44. The van der Waals surface area contributed by atoms with Gasteiger partial charge < -0.3 is 10.4 Å². The van der Waals surface area contributed by atoms with E-state index >= 15 is 0 Å². The SMILES string of the molecule is C/C=C/CNC1(CO)CCC(C)CC1. The van der Waals surface area contributed by atoms with E-state index in [1.54, 1.807) is 0 Å². The first-order valence-electron chi connectivity index (χ1n) is 5.69. The zero-order valence-corrected chi connectivity index (χ0v) is 9.42. The quantitative estimate of drug-likeness (QED) is 0.676. The van der Waals surface area contributed by atoms with E-state index in [0.29, 0.717) is 0 Å².